The maximum atomic E-state index is 11.4. The molecule has 0 radical (unpaired) electrons. The number of aryl methyl sites for hydroxylation is 1. The van der Waals surface area contributed by atoms with Gasteiger partial charge in [0.05, 0.1) is 5.69 Å². The molecule has 0 fully saturated rings. The zero-order chi connectivity index (χ0) is 15.1. The molecule has 1 aromatic carbocycles. The number of anilines is 1. The summed E-state index contributed by atoms with van der Waals surface area (Å²) in [5, 5.41) is 16.5. The van der Waals surface area contributed by atoms with Crippen molar-refractivity contribution < 1.29 is 9.53 Å². The summed E-state index contributed by atoms with van der Waals surface area (Å²) >= 11 is 1.53. The number of ether oxygens (including phenoxy) is 1. The molecule has 3 aromatic rings. The molecule has 2 aromatic heterocycles. The molecule has 22 heavy (non-hydrogen) atoms. The fourth-order valence-electron chi connectivity index (χ4n) is 2.28. The van der Waals surface area contributed by atoms with Crippen LogP contribution in [-0.2, 0) is 4.79 Å². The number of H-pyrrole nitrogens is 1. The third-order valence-corrected chi connectivity index (χ3v) is 4.24. The van der Waals surface area contributed by atoms with Crippen LogP contribution in [0.4, 0.5) is 5.69 Å². The Labute approximate surface area is 129 Å². The SMILES string of the molecule is Cc1csc(-c2[nH]nnc2-c2ccc3c(c2)NC(=O)CO3)n1. The highest BCUT2D eigenvalue weighted by atomic mass is 32.1. The highest BCUT2D eigenvalue weighted by Crippen LogP contribution is 2.35. The summed E-state index contributed by atoms with van der Waals surface area (Å²) in [5.74, 6) is 0.485. The second-order valence-corrected chi connectivity index (χ2v) is 5.74. The molecule has 1 amide bonds. The highest BCUT2D eigenvalue weighted by molar-refractivity contribution is 7.13. The number of carbonyl (C=O) groups excluding carboxylic acids is 1. The Kier molecular flexibility index (Phi) is 2.90. The van der Waals surface area contributed by atoms with E-state index in [1.807, 2.05) is 30.5 Å². The van der Waals surface area contributed by atoms with Crippen molar-refractivity contribution in [3.8, 4) is 27.7 Å². The van der Waals surface area contributed by atoms with E-state index in [1.165, 1.54) is 11.3 Å². The van der Waals surface area contributed by atoms with Gasteiger partial charge in [-0.3, -0.25) is 9.89 Å². The number of nitrogens with one attached hydrogen (secondary N) is 2. The minimum Gasteiger partial charge on any atom is -0.482 e. The molecule has 110 valence electrons. The first-order valence-electron chi connectivity index (χ1n) is 6.61. The van der Waals surface area contributed by atoms with Crippen LogP contribution in [0.25, 0.3) is 22.0 Å². The summed E-state index contributed by atoms with van der Waals surface area (Å²) in [4.78, 5) is 15.9. The quantitative estimate of drug-likeness (QED) is 0.757. The third-order valence-electron chi connectivity index (χ3n) is 3.27. The standard InChI is InChI=1S/C14H11N5O2S/c1-7-6-22-14(15-7)13-12(17-19-18-13)8-2-3-10-9(4-8)16-11(20)5-21-10/h2-4,6H,5H2,1H3,(H,16,20)(H,17,18,19). The molecule has 3 heterocycles. The van der Waals surface area contributed by atoms with Crippen molar-refractivity contribution >= 4 is 22.9 Å². The fourth-order valence-corrected chi connectivity index (χ4v) is 3.07. The van der Waals surface area contributed by atoms with Gasteiger partial charge in [-0.25, -0.2) is 4.98 Å². The van der Waals surface area contributed by atoms with Crippen molar-refractivity contribution in [3.63, 3.8) is 0 Å². The number of thiazole rings is 1. The van der Waals surface area contributed by atoms with Crippen LogP contribution in [0.15, 0.2) is 23.6 Å². The monoisotopic (exact) mass is 313 g/mol. The lowest BCUT2D eigenvalue weighted by molar-refractivity contribution is -0.118. The van der Waals surface area contributed by atoms with Gasteiger partial charge in [0.2, 0.25) is 0 Å². The first kappa shape index (κ1) is 13.0. The van der Waals surface area contributed by atoms with Gasteiger partial charge < -0.3 is 10.1 Å². The number of amides is 1. The number of fused-ring (bicyclic) bond motifs is 1. The van der Waals surface area contributed by atoms with Crippen LogP contribution in [-0.4, -0.2) is 32.9 Å². The molecule has 2 N–H and O–H groups in total. The zero-order valence-corrected chi connectivity index (χ0v) is 12.4. The van der Waals surface area contributed by atoms with Crippen molar-refractivity contribution in [3.05, 3.63) is 29.3 Å². The number of aromatic amines is 1. The maximum Gasteiger partial charge on any atom is 0.262 e. The molecule has 4 rings (SSSR count). The maximum absolute atomic E-state index is 11.4. The molecular formula is C14H11N5O2S. The van der Waals surface area contributed by atoms with Crippen molar-refractivity contribution in [2.45, 2.75) is 6.92 Å². The molecule has 0 unspecified atom stereocenters. The van der Waals surface area contributed by atoms with Gasteiger partial charge in [0.1, 0.15) is 22.1 Å². The van der Waals surface area contributed by atoms with Gasteiger partial charge in [0, 0.05) is 16.6 Å². The molecule has 8 heteroatoms. The smallest absolute Gasteiger partial charge is 0.262 e. The minimum atomic E-state index is -0.166. The first-order valence-corrected chi connectivity index (χ1v) is 7.49. The van der Waals surface area contributed by atoms with Crippen molar-refractivity contribution in [1.29, 1.82) is 0 Å². The Morgan fingerprint density at radius 1 is 1.36 bits per heavy atom. The molecule has 0 bridgehead atoms. The zero-order valence-electron chi connectivity index (χ0n) is 11.6. The van der Waals surface area contributed by atoms with E-state index >= 15 is 0 Å². The summed E-state index contributed by atoms with van der Waals surface area (Å²) in [6.07, 6.45) is 0. The lowest BCUT2D eigenvalue weighted by atomic mass is 10.1. The first-order chi connectivity index (χ1) is 10.7. The normalized spacial score (nSPS) is 13.4. The number of carbonyl (C=O) groups is 1. The van der Waals surface area contributed by atoms with E-state index < -0.39 is 0 Å². The van der Waals surface area contributed by atoms with Gasteiger partial charge in [0.15, 0.2) is 6.61 Å². The topological polar surface area (TPSA) is 92.8 Å². The summed E-state index contributed by atoms with van der Waals surface area (Å²) < 4.78 is 5.36. The molecule has 0 spiro atoms. The summed E-state index contributed by atoms with van der Waals surface area (Å²) in [6.45, 7) is 1.98. The van der Waals surface area contributed by atoms with Gasteiger partial charge in [0.25, 0.3) is 5.91 Å². The predicted molar refractivity (Wildman–Crippen MR) is 81.8 cm³/mol. The van der Waals surface area contributed by atoms with Crippen LogP contribution < -0.4 is 10.1 Å². The lowest BCUT2D eigenvalue weighted by Crippen LogP contribution is -2.25. The molecule has 1 aliphatic rings. The van der Waals surface area contributed by atoms with E-state index in [4.69, 9.17) is 4.74 Å². The molecule has 7 nitrogen and oxygen atoms in total. The van der Waals surface area contributed by atoms with E-state index in [0.29, 0.717) is 17.1 Å². The van der Waals surface area contributed by atoms with E-state index in [9.17, 15) is 4.79 Å². The number of nitrogens with zero attached hydrogens (tertiary/aromatic N) is 3. The average molecular weight is 313 g/mol. The Bertz CT molecular complexity index is 870. The van der Waals surface area contributed by atoms with Crippen LogP contribution in [0.2, 0.25) is 0 Å². The van der Waals surface area contributed by atoms with Gasteiger partial charge in [-0.05, 0) is 25.1 Å². The second-order valence-electron chi connectivity index (χ2n) is 4.88. The van der Waals surface area contributed by atoms with Gasteiger partial charge in [-0.2, -0.15) is 0 Å². The fraction of sp³-hybridized carbons (Fsp3) is 0.143. The number of aromatic nitrogens is 4. The van der Waals surface area contributed by atoms with Crippen LogP contribution in [0.3, 0.4) is 0 Å². The number of benzene rings is 1. The Hall–Kier alpha value is -2.74. The Morgan fingerprint density at radius 3 is 3.09 bits per heavy atom. The van der Waals surface area contributed by atoms with Gasteiger partial charge in [-0.15, -0.1) is 16.4 Å². The molecule has 0 aliphatic carbocycles. The van der Waals surface area contributed by atoms with Crippen LogP contribution in [0.5, 0.6) is 5.75 Å². The molecule has 0 atom stereocenters. The molecule has 0 saturated carbocycles. The van der Waals surface area contributed by atoms with E-state index in [-0.39, 0.29) is 12.5 Å². The van der Waals surface area contributed by atoms with Crippen LogP contribution >= 0.6 is 11.3 Å². The Balaban J connectivity index is 1.79. The lowest BCUT2D eigenvalue weighted by Gasteiger charge is -2.18. The number of hydrogen-bond acceptors (Lipinski definition) is 6. The van der Waals surface area contributed by atoms with E-state index in [0.717, 1.165) is 22.0 Å². The van der Waals surface area contributed by atoms with Gasteiger partial charge >= 0.3 is 0 Å². The van der Waals surface area contributed by atoms with E-state index in [1.54, 1.807) is 0 Å². The minimum absolute atomic E-state index is 0.0416. The molecular weight excluding hydrogens is 302 g/mol. The molecule has 0 saturated heterocycles. The summed E-state index contributed by atoms with van der Waals surface area (Å²) in [6, 6.07) is 5.53. The highest BCUT2D eigenvalue weighted by Gasteiger charge is 2.19. The largest absolute Gasteiger partial charge is 0.482 e. The van der Waals surface area contributed by atoms with Gasteiger partial charge in [-0.1, -0.05) is 5.21 Å². The van der Waals surface area contributed by atoms with Crippen molar-refractivity contribution in [2.24, 2.45) is 0 Å². The molecule has 1 aliphatic heterocycles. The number of hydrogen-bond donors (Lipinski definition) is 2. The second kappa shape index (κ2) is 4.92. The average Bonchev–Trinajstić information content (AvgIpc) is 3.14. The number of rotatable bonds is 2. The van der Waals surface area contributed by atoms with Crippen molar-refractivity contribution in [2.75, 3.05) is 11.9 Å². The Morgan fingerprint density at radius 2 is 2.27 bits per heavy atom. The van der Waals surface area contributed by atoms with Crippen LogP contribution in [0.1, 0.15) is 5.69 Å². The van der Waals surface area contributed by atoms with E-state index in [2.05, 4.69) is 25.7 Å². The summed E-state index contributed by atoms with van der Waals surface area (Å²) in [5.41, 5.74) is 3.88. The van der Waals surface area contributed by atoms with Crippen molar-refractivity contribution in [1.82, 2.24) is 20.4 Å². The predicted octanol–water partition coefficient (Wildman–Crippen LogP) is 2.23. The van der Waals surface area contributed by atoms with Crippen LogP contribution in [0, 0.1) is 6.92 Å². The third kappa shape index (κ3) is 2.13. The summed E-state index contributed by atoms with van der Waals surface area (Å²) in [7, 11) is 0.